The van der Waals surface area contributed by atoms with Crippen molar-refractivity contribution in [3.63, 3.8) is 0 Å². The third-order valence-electron chi connectivity index (χ3n) is 4.82. The normalized spacial score (nSPS) is 15.7. The molecule has 0 unspecified atom stereocenters. The predicted octanol–water partition coefficient (Wildman–Crippen LogP) is 2.97. The maximum absolute atomic E-state index is 13.3. The zero-order valence-corrected chi connectivity index (χ0v) is 16.0. The van der Waals surface area contributed by atoms with E-state index in [1.807, 2.05) is 19.1 Å². The van der Waals surface area contributed by atoms with Gasteiger partial charge in [0, 0.05) is 24.7 Å². The lowest BCUT2D eigenvalue weighted by molar-refractivity contribution is 0.0711. The number of amides is 1. The Hall–Kier alpha value is -2.25. The minimum Gasteiger partial charge on any atom is -0.339 e. The molecule has 3 rings (SSSR count). The van der Waals surface area contributed by atoms with Gasteiger partial charge >= 0.3 is 0 Å². The van der Waals surface area contributed by atoms with Gasteiger partial charge < -0.3 is 4.90 Å². The number of halogens is 1. The van der Waals surface area contributed by atoms with Gasteiger partial charge in [0.25, 0.3) is 5.91 Å². The molecule has 27 heavy (non-hydrogen) atoms. The lowest BCUT2D eigenvalue weighted by Crippen LogP contribution is -2.46. The fourth-order valence-corrected chi connectivity index (χ4v) is 4.50. The Morgan fingerprint density at radius 2 is 1.81 bits per heavy atom. The van der Waals surface area contributed by atoms with Gasteiger partial charge in [-0.15, -0.1) is 0 Å². The summed E-state index contributed by atoms with van der Waals surface area (Å²) in [7, 11) is -3.58. The second-order valence-electron chi connectivity index (χ2n) is 6.70. The molecule has 2 aromatic rings. The summed E-state index contributed by atoms with van der Waals surface area (Å²) in [4.78, 5) is 14.3. The third kappa shape index (κ3) is 4.73. The van der Waals surface area contributed by atoms with Crippen molar-refractivity contribution in [2.45, 2.75) is 37.1 Å². The highest BCUT2D eigenvalue weighted by Gasteiger charge is 2.27. The van der Waals surface area contributed by atoms with Crippen molar-refractivity contribution in [2.24, 2.45) is 0 Å². The Balaban J connectivity index is 1.59. The van der Waals surface area contributed by atoms with Crippen LogP contribution in [-0.4, -0.2) is 38.4 Å². The number of carbonyl (C=O) groups excluding carboxylic acids is 1. The number of rotatable bonds is 5. The summed E-state index contributed by atoms with van der Waals surface area (Å²) < 4.78 is 41.1. The average molecular weight is 390 g/mol. The number of piperidine rings is 1. The molecule has 0 spiro atoms. The second kappa shape index (κ2) is 8.19. The van der Waals surface area contributed by atoms with Crippen LogP contribution in [-0.2, 0) is 16.4 Å². The number of carbonyl (C=O) groups is 1. The minimum absolute atomic E-state index is 0.225. The van der Waals surface area contributed by atoms with Crippen LogP contribution in [0.3, 0.4) is 0 Å². The Bertz CT molecular complexity index is 905. The van der Waals surface area contributed by atoms with Crippen molar-refractivity contribution in [1.29, 1.82) is 0 Å². The summed E-state index contributed by atoms with van der Waals surface area (Å²) in [5.74, 6) is -0.677. The van der Waals surface area contributed by atoms with Gasteiger partial charge in [-0.05, 0) is 55.2 Å². The number of benzene rings is 2. The Labute approximate surface area is 159 Å². The lowest BCUT2D eigenvalue weighted by atomic mass is 10.0. The van der Waals surface area contributed by atoms with Crippen LogP contribution in [0.15, 0.2) is 53.4 Å². The molecule has 1 amide bonds. The SMILES string of the molecule is CCc1ccc(S(=O)(=O)NC2CCN(C(=O)c3cccc(F)c3)CC2)cc1. The molecule has 0 aliphatic carbocycles. The van der Waals surface area contributed by atoms with Crippen LogP contribution in [0.5, 0.6) is 0 Å². The molecular formula is C20H23FN2O3S. The van der Waals surface area contributed by atoms with Crippen LogP contribution in [0, 0.1) is 5.82 Å². The number of sulfonamides is 1. The van der Waals surface area contributed by atoms with E-state index < -0.39 is 15.8 Å². The summed E-state index contributed by atoms with van der Waals surface area (Å²) in [6, 6.07) is 12.2. The molecule has 5 nitrogen and oxygen atoms in total. The molecule has 0 atom stereocenters. The number of likely N-dealkylation sites (tertiary alicyclic amines) is 1. The molecule has 0 aromatic heterocycles. The first kappa shape index (κ1) is 19.5. The summed E-state index contributed by atoms with van der Waals surface area (Å²) in [6.45, 7) is 2.87. The Morgan fingerprint density at radius 3 is 2.41 bits per heavy atom. The monoisotopic (exact) mass is 390 g/mol. The van der Waals surface area contributed by atoms with E-state index in [-0.39, 0.29) is 16.8 Å². The van der Waals surface area contributed by atoms with E-state index >= 15 is 0 Å². The largest absolute Gasteiger partial charge is 0.339 e. The van der Waals surface area contributed by atoms with Crippen LogP contribution in [0.4, 0.5) is 4.39 Å². The van der Waals surface area contributed by atoms with E-state index in [0.29, 0.717) is 31.5 Å². The van der Waals surface area contributed by atoms with Crippen LogP contribution in [0.2, 0.25) is 0 Å². The van der Waals surface area contributed by atoms with Gasteiger partial charge in [0.2, 0.25) is 10.0 Å². The number of hydrogen-bond acceptors (Lipinski definition) is 3. The maximum atomic E-state index is 13.3. The molecule has 1 N–H and O–H groups in total. The molecule has 1 aliphatic rings. The first-order valence-electron chi connectivity index (χ1n) is 9.05. The van der Waals surface area contributed by atoms with Crippen LogP contribution >= 0.6 is 0 Å². The van der Waals surface area contributed by atoms with Gasteiger partial charge in [-0.2, -0.15) is 0 Å². The van der Waals surface area contributed by atoms with Crippen molar-refractivity contribution in [2.75, 3.05) is 13.1 Å². The zero-order chi connectivity index (χ0) is 19.4. The Morgan fingerprint density at radius 1 is 1.15 bits per heavy atom. The molecular weight excluding hydrogens is 367 g/mol. The van der Waals surface area contributed by atoms with E-state index in [1.165, 1.54) is 18.2 Å². The third-order valence-corrected chi connectivity index (χ3v) is 6.35. The highest BCUT2D eigenvalue weighted by molar-refractivity contribution is 7.89. The molecule has 0 bridgehead atoms. The van der Waals surface area contributed by atoms with Crippen molar-refractivity contribution in [3.8, 4) is 0 Å². The summed E-state index contributed by atoms with van der Waals surface area (Å²) in [5, 5.41) is 0. The maximum Gasteiger partial charge on any atom is 0.253 e. The van der Waals surface area contributed by atoms with Gasteiger partial charge in [-0.1, -0.05) is 25.1 Å². The topological polar surface area (TPSA) is 66.5 Å². The van der Waals surface area contributed by atoms with E-state index in [4.69, 9.17) is 0 Å². The van der Waals surface area contributed by atoms with Gasteiger partial charge in [0.05, 0.1) is 4.90 Å². The van der Waals surface area contributed by atoms with Crippen molar-refractivity contribution in [1.82, 2.24) is 9.62 Å². The quantitative estimate of drug-likeness (QED) is 0.854. The van der Waals surface area contributed by atoms with Crippen molar-refractivity contribution < 1.29 is 17.6 Å². The van der Waals surface area contributed by atoms with Gasteiger partial charge in [0.1, 0.15) is 5.82 Å². The molecule has 144 valence electrons. The summed E-state index contributed by atoms with van der Waals surface area (Å²) >= 11 is 0. The van der Waals surface area contributed by atoms with E-state index in [9.17, 15) is 17.6 Å². The fourth-order valence-electron chi connectivity index (χ4n) is 3.20. The molecule has 1 fully saturated rings. The van der Waals surface area contributed by atoms with E-state index in [1.54, 1.807) is 23.1 Å². The summed E-state index contributed by atoms with van der Waals surface area (Å²) in [5.41, 5.74) is 1.39. The molecule has 1 saturated heterocycles. The molecule has 2 aromatic carbocycles. The minimum atomic E-state index is -3.58. The number of hydrogen-bond donors (Lipinski definition) is 1. The highest BCUT2D eigenvalue weighted by Crippen LogP contribution is 2.18. The smallest absolute Gasteiger partial charge is 0.253 e. The van der Waals surface area contributed by atoms with Gasteiger partial charge in [-0.25, -0.2) is 17.5 Å². The number of aryl methyl sites for hydroxylation is 1. The summed E-state index contributed by atoms with van der Waals surface area (Å²) in [6.07, 6.45) is 1.90. The average Bonchev–Trinajstić information content (AvgIpc) is 2.68. The molecule has 1 heterocycles. The second-order valence-corrected chi connectivity index (χ2v) is 8.41. The fraction of sp³-hybridized carbons (Fsp3) is 0.350. The van der Waals surface area contributed by atoms with Gasteiger partial charge in [0.15, 0.2) is 0 Å². The number of nitrogens with zero attached hydrogens (tertiary/aromatic N) is 1. The lowest BCUT2D eigenvalue weighted by Gasteiger charge is -2.32. The van der Waals surface area contributed by atoms with Gasteiger partial charge in [-0.3, -0.25) is 4.79 Å². The molecule has 1 aliphatic heterocycles. The standard InChI is InChI=1S/C20H23FN2O3S/c1-2-15-6-8-19(9-7-15)27(25,26)22-18-10-12-23(13-11-18)20(24)16-4-3-5-17(21)14-16/h3-9,14,18,22H,2,10-13H2,1H3. The zero-order valence-electron chi connectivity index (χ0n) is 15.2. The van der Waals surface area contributed by atoms with Crippen LogP contribution in [0.1, 0.15) is 35.7 Å². The van der Waals surface area contributed by atoms with Crippen molar-refractivity contribution in [3.05, 3.63) is 65.5 Å². The molecule has 0 radical (unpaired) electrons. The first-order chi connectivity index (χ1) is 12.9. The molecule has 7 heteroatoms. The number of nitrogens with one attached hydrogen (secondary N) is 1. The van der Waals surface area contributed by atoms with E-state index in [2.05, 4.69) is 4.72 Å². The predicted molar refractivity (Wildman–Crippen MR) is 101 cm³/mol. The first-order valence-corrected chi connectivity index (χ1v) is 10.5. The molecule has 0 saturated carbocycles. The van der Waals surface area contributed by atoms with E-state index in [0.717, 1.165) is 12.0 Å². The highest BCUT2D eigenvalue weighted by atomic mass is 32.2. The van der Waals surface area contributed by atoms with Crippen molar-refractivity contribution >= 4 is 15.9 Å². The van der Waals surface area contributed by atoms with Crippen LogP contribution < -0.4 is 4.72 Å². The Kier molecular flexibility index (Phi) is 5.92. The van der Waals surface area contributed by atoms with Crippen LogP contribution in [0.25, 0.3) is 0 Å².